The van der Waals surface area contributed by atoms with Crippen LogP contribution in [0.3, 0.4) is 0 Å². The molecule has 0 saturated carbocycles. The van der Waals surface area contributed by atoms with E-state index >= 15 is 0 Å². The number of ether oxygens (including phenoxy) is 1. The van der Waals surface area contributed by atoms with Gasteiger partial charge in [0.2, 0.25) is 5.91 Å². The largest absolute Gasteiger partial charge is 0.497 e. The zero-order chi connectivity index (χ0) is 21.5. The monoisotopic (exact) mass is 449 g/mol. The topological polar surface area (TPSA) is 70.7 Å². The number of nitrogens with zero attached hydrogens (tertiary/aromatic N) is 1. The van der Waals surface area contributed by atoms with E-state index in [1.54, 1.807) is 13.2 Å². The van der Waals surface area contributed by atoms with Gasteiger partial charge in [0.05, 0.1) is 30.3 Å². The van der Waals surface area contributed by atoms with Gasteiger partial charge >= 0.3 is 0 Å². The maximum absolute atomic E-state index is 12.4. The first-order valence-corrected chi connectivity index (χ1v) is 10.6. The van der Waals surface area contributed by atoms with Crippen molar-refractivity contribution in [3.63, 3.8) is 0 Å². The quantitative estimate of drug-likeness (QED) is 0.644. The lowest BCUT2D eigenvalue weighted by atomic mass is 10.1. The average molecular weight is 450 g/mol. The van der Waals surface area contributed by atoms with E-state index in [4.69, 9.17) is 27.9 Å². The highest BCUT2D eigenvalue weighted by Crippen LogP contribution is 2.26. The van der Waals surface area contributed by atoms with Gasteiger partial charge in [-0.3, -0.25) is 14.5 Å². The molecule has 160 valence electrons. The van der Waals surface area contributed by atoms with Gasteiger partial charge in [0, 0.05) is 11.6 Å². The zero-order valence-electron chi connectivity index (χ0n) is 16.8. The van der Waals surface area contributed by atoms with Gasteiger partial charge in [-0.25, -0.2) is 0 Å². The summed E-state index contributed by atoms with van der Waals surface area (Å²) in [6.45, 7) is 2.33. The minimum Gasteiger partial charge on any atom is -0.497 e. The van der Waals surface area contributed by atoms with Crippen LogP contribution in [0.25, 0.3) is 0 Å². The highest BCUT2D eigenvalue weighted by atomic mass is 35.5. The van der Waals surface area contributed by atoms with Gasteiger partial charge in [0.25, 0.3) is 5.91 Å². The van der Waals surface area contributed by atoms with E-state index < -0.39 is 5.91 Å². The summed E-state index contributed by atoms with van der Waals surface area (Å²) >= 11 is 11.9. The first-order valence-electron chi connectivity index (χ1n) is 9.86. The van der Waals surface area contributed by atoms with E-state index in [1.165, 1.54) is 12.1 Å². The number of methoxy groups -OCH3 is 1. The van der Waals surface area contributed by atoms with Crippen LogP contribution in [-0.4, -0.2) is 50.0 Å². The fourth-order valence-corrected chi connectivity index (χ4v) is 4.03. The maximum Gasteiger partial charge on any atom is 0.253 e. The first kappa shape index (κ1) is 22.4. The van der Waals surface area contributed by atoms with E-state index in [9.17, 15) is 9.59 Å². The second-order valence-electron chi connectivity index (χ2n) is 7.14. The Morgan fingerprint density at radius 2 is 1.77 bits per heavy atom. The maximum atomic E-state index is 12.4. The Morgan fingerprint density at radius 3 is 2.40 bits per heavy atom. The molecule has 1 aliphatic heterocycles. The Morgan fingerprint density at radius 1 is 1.07 bits per heavy atom. The lowest BCUT2D eigenvalue weighted by molar-refractivity contribution is -0.120. The highest BCUT2D eigenvalue weighted by molar-refractivity contribution is 6.36. The van der Waals surface area contributed by atoms with Crippen molar-refractivity contribution in [2.75, 3.05) is 33.3 Å². The molecule has 0 aliphatic carbocycles. The van der Waals surface area contributed by atoms with Crippen molar-refractivity contribution in [3.8, 4) is 5.75 Å². The normalized spacial score (nSPS) is 14.9. The molecule has 1 saturated heterocycles. The van der Waals surface area contributed by atoms with Crippen LogP contribution in [0.15, 0.2) is 42.5 Å². The summed E-state index contributed by atoms with van der Waals surface area (Å²) in [6, 6.07) is 12.6. The van der Waals surface area contributed by atoms with Crippen LogP contribution in [-0.2, 0) is 4.79 Å². The summed E-state index contributed by atoms with van der Waals surface area (Å²) in [6.07, 6.45) is 2.30. The number of carbonyl (C=O) groups is 2. The molecule has 0 aromatic heterocycles. The summed E-state index contributed by atoms with van der Waals surface area (Å²) in [5.41, 5.74) is 1.40. The molecule has 1 aliphatic rings. The Bertz CT molecular complexity index is 884. The molecule has 1 atom stereocenters. The van der Waals surface area contributed by atoms with Gasteiger partial charge < -0.3 is 15.4 Å². The molecule has 2 aromatic rings. The molecule has 1 heterocycles. The van der Waals surface area contributed by atoms with E-state index in [0.717, 1.165) is 37.2 Å². The third kappa shape index (κ3) is 5.88. The fourth-order valence-electron chi connectivity index (χ4n) is 3.54. The molecule has 0 bridgehead atoms. The van der Waals surface area contributed by atoms with Crippen LogP contribution >= 0.6 is 23.2 Å². The number of halogens is 2. The van der Waals surface area contributed by atoms with Crippen LogP contribution < -0.4 is 15.4 Å². The van der Waals surface area contributed by atoms with Crippen LogP contribution in [0.4, 0.5) is 0 Å². The van der Waals surface area contributed by atoms with E-state index in [0.29, 0.717) is 11.6 Å². The molecule has 2 aromatic carbocycles. The first-order chi connectivity index (χ1) is 14.5. The predicted molar refractivity (Wildman–Crippen MR) is 118 cm³/mol. The predicted octanol–water partition coefficient (Wildman–Crippen LogP) is 3.69. The van der Waals surface area contributed by atoms with Crippen molar-refractivity contribution in [2.45, 2.75) is 18.9 Å². The second kappa shape index (κ2) is 10.7. The molecule has 2 N–H and O–H groups in total. The Hall–Kier alpha value is -2.28. The zero-order valence-corrected chi connectivity index (χ0v) is 18.3. The number of hydrogen-bond acceptors (Lipinski definition) is 4. The minimum atomic E-state index is -0.418. The van der Waals surface area contributed by atoms with Crippen LogP contribution in [0.2, 0.25) is 10.0 Å². The Labute approximate surface area is 186 Å². The molecule has 6 nitrogen and oxygen atoms in total. The van der Waals surface area contributed by atoms with Crippen molar-refractivity contribution in [1.82, 2.24) is 15.5 Å². The molecule has 2 amide bonds. The number of carbonyl (C=O) groups excluding carboxylic acids is 2. The summed E-state index contributed by atoms with van der Waals surface area (Å²) in [5.74, 6) is 0.121. The highest BCUT2D eigenvalue weighted by Gasteiger charge is 2.24. The average Bonchev–Trinajstić information content (AvgIpc) is 3.27. The molecule has 0 radical (unpaired) electrons. The van der Waals surface area contributed by atoms with Gasteiger partial charge in [-0.15, -0.1) is 0 Å². The number of likely N-dealkylation sites (tertiary alicyclic amines) is 1. The van der Waals surface area contributed by atoms with Crippen LogP contribution in [0, 0.1) is 0 Å². The van der Waals surface area contributed by atoms with Gasteiger partial charge in [-0.2, -0.15) is 0 Å². The Kier molecular flexibility index (Phi) is 7.96. The summed E-state index contributed by atoms with van der Waals surface area (Å²) in [7, 11) is 1.64. The SMILES string of the molecule is COc1ccc(C(CNC(=O)CNC(=O)c2ccc(Cl)cc2Cl)N2CCCC2)cc1. The second-order valence-corrected chi connectivity index (χ2v) is 7.99. The van der Waals surface area contributed by atoms with Gasteiger partial charge in [-0.05, 0) is 61.8 Å². The van der Waals surface area contributed by atoms with E-state index in [1.807, 2.05) is 24.3 Å². The third-order valence-corrected chi connectivity index (χ3v) is 5.71. The van der Waals surface area contributed by atoms with E-state index in [2.05, 4.69) is 15.5 Å². The van der Waals surface area contributed by atoms with Crippen LogP contribution in [0.5, 0.6) is 5.75 Å². The smallest absolute Gasteiger partial charge is 0.253 e. The molecular weight excluding hydrogens is 425 g/mol. The minimum absolute atomic E-state index is 0.0729. The fraction of sp³-hybridized carbons (Fsp3) is 0.364. The van der Waals surface area contributed by atoms with Crippen molar-refractivity contribution >= 4 is 35.0 Å². The molecule has 30 heavy (non-hydrogen) atoms. The lowest BCUT2D eigenvalue weighted by Crippen LogP contribution is -2.41. The van der Waals surface area contributed by atoms with Crippen molar-refractivity contribution < 1.29 is 14.3 Å². The van der Waals surface area contributed by atoms with Gasteiger partial charge in [-0.1, -0.05) is 35.3 Å². The summed E-state index contributed by atoms with van der Waals surface area (Å²) in [5, 5.41) is 6.22. The standard InChI is InChI=1S/C22H25Cl2N3O3/c1-30-17-7-4-15(5-8-17)20(27-10-2-3-11-27)13-25-21(28)14-26-22(29)18-9-6-16(23)12-19(18)24/h4-9,12,20H,2-3,10-11,13-14H2,1H3,(H,25,28)(H,26,29). The molecule has 1 fully saturated rings. The number of nitrogens with one attached hydrogen (secondary N) is 2. The molecular formula is C22H25Cl2N3O3. The van der Waals surface area contributed by atoms with Crippen LogP contribution in [0.1, 0.15) is 34.8 Å². The summed E-state index contributed by atoms with van der Waals surface area (Å²) in [4.78, 5) is 27.0. The lowest BCUT2D eigenvalue weighted by Gasteiger charge is -2.28. The molecule has 8 heteroatoms. The van der Waals surface area contributed by atoms with E-state index in [-0.39, 0.29) is 29.1 Å². The van der Waals surface area contributed by atoms with Gasteiger partial charge in [0.15, 0.2) is 0 Å². The number of amides is 2. The summed E-state index contributed by atoms with van der Waals surface area (Å²) < 4.78 is 5.24. The number of hydrogen-bond donors (Lipinski definition) is 2. The van der Waals surface area contributed by atoms with Crippen molar-refractivity contribution in [3.05, 3.63) is 63.6 Å². The molecule has 1 unspecified atom stereocenters. The van der Waals surface area contributed by atoms with Crippen molar-refractivity contribution in [1.29, 1.82) is 0 Å². The van der Waals surface area contributed by atoms with Gasteiger partial charge in [0.1, 0.15) is 5.75 Å². The Balaban J connectivity index is 1.56. The number of rotatable bonds is 8. The van der Waals surface area contributed by atoms with Crippen molar-refractivity contribution in [2.24, 2.45) is 0 Å². The number of benzene rings is 2. The third-order valence-electron chi connectivity index (χ3n) is 5.16. The molecule has 3 rings (SSSR count). The molecule has 0 spiro atoms.